The van der Waals surface area contributed by atoms with Gasteiger partial charge in [-0.05, 0) is 44.5 Å². The number of hydrogen-bond donors (Lipinski definition) is 1. The van der Waals surface area contributed by atoms with Crippen molar-refractivity contribution in [3.05, 3.63) is 66.9 Å². The van der Waals surface area contributed by atoms with E-state index in [9.17, 15) is 4.79 Å². The van der Waals surface area contributed by atoms with Gasteiger partial charge in [-0.2, -0.15) is 0 Å². The van der Waals surface area contributed by atoms with Gasteiger partial charge in [0.1, 0.15) is 11.6 Å². The number of anilines is 1. The fourth-order valence-electron chi connectivity index (χ4n) is 3.79. The highest BCUT2D eigenvalue weighted by atomic mass is 16.5. The van der Waals surface area contributed by atoms with Gasteiger partial charge in [-0.1, -0.05) is 24.6 Å². The molecule has 0 spiro atoms. The van der Waals surface area contributed by atoms with Crippen LogP contribution in [0.1, 0.15) is 32.0 Å². The minimum absolute atomic E-state index is 0.00262. The molecule has 3 heterocycles. The molecular formula is C23H27N5O2. The minimum atomic E-state index is -0.166. The Bertz CT molecular complexity index is 955. The molecule has 30 heavy (non-hydrogen) atoms. The van der Waals surface area contributed by atoms with Crippen LogP contribution in [-0.2, 0) is 17.9 Å². The number of pyridine rings is 1. The van der Waals surface area contributed by atoms with Crippen LogP contribution in [0.25, 0.3) is 0 Å². The van der Waals surface area contributed by atoms with Crippen molar-refractivity contribution in [2.75, 3.05) is 11.9 Å². The number of nitrogens with zero attached hydrogens (tertiary/aromatic N) is 4. The van der Waals surface area contributed by atoms with Crippen molar-refractivity contribution < 1.29 is 9.53 Å². The molecule has 7 heteroatoms. The first-order chi connectivity index (χ1) is 14.7. The molecule has 0 unspecified atom stereocenters. The smallest absolute Gasteiger partial charge is 0.241 e. The largest absolute Gasteiger partial charge is 0.439 e. The first kappa shape index (κ1) is 20.1. The highest BCUT2D eigenvalue weighted by Crippen LogP contribution is 2.23. The van der Waals surface area contributed by atoms with E-state index in [0.717, 1.165) is 43.9 Å². The average Bonchev–Trinajstić information content (AvgIpc) is 3.23. The molecule has 0 radical (unpaired) electrons. The number of hydrogen-bond acceptors (Lipinski definition) is 5. The van der Waals surface area contributed by atoms with Gasteiger partial charge < -0.3 is 14.6 Å². The predicted octanol–water partition coefficient (Wildman–Crippen LogP) is 4.08. The Kier molecular flexibility index (Phi) is 6.39. The fraction of sp³-hybridized carbons (Fsp3) is 0.348. The standard InChI is InChI=1S/C23H27N5O2/c1-2-27-15-13-24-21(27)17-28-14-7-6-10-20(28)23(29)26-18-11-12-22(25-16-18)30-19-8-4-3-5-9-19/h3-5,8-9,11-13,15-16,20H,2,6-7,10,14,17H2,1H3,(H,26,29)/t20-/m1/s1. The monoisotopic (exact) mass is 405 g/mol. The van der Waals surface area contributed by atoms with E-state index in [1.165, 1.54) is 0 Å². The molecule has 1 aromatic carbocycles. The molecule has 1 saturated heterocycles. The van der Waals surface area contributed by atoms with E-state index < -0.39 is 0 Å². The van der Waals surface area contributed by atoms with E-state index in [0.29, 0.717) is 18.1 Å². The number of nitrogens with one attached hydrogen (secondary N) is 1. The number of aryl methyl sites for hydroxylation is 1. The number of imidazole rings is 1. The Morgan fingerprint density at radius 2 is 2.03 bits per heavy atom. The molecule has 2 aromatic heterocycles. The van der Waals surface area contributed by atoms with Crippen molar-refractivity contribution >= 4 is 11.6 Å². The molecule has 3 aromatic rings. The van der Waals surface area contributed by atoms with Gasteiger partial charge in [0.15, 0.2) is 0 Å². The zero-order valence-corrected chi connectivity index (χ0v) is 17.2. The molecule has 0 aliphatic carbocycles. The molecule has 1 N–H and O–H groups in total. The lowest BCUT2D eigenvalue weighted by Gasteiger charge is -2.34. The summed E-state index contributed by atoms with van der Waals surface area (Å²) in [5, 5.41) is 3.02. The summed E-state index contributed by atoms with van der Waals surface area (Å²) in [6, 6.07) is 12.9. The number of ether oxygens (including phenoxy) is 1. The van der Waals surface area contributed by atoms with Crippen LogP contribution in [-0.4, -0.2) is 37.9 Å². The maximum absolute atomic E-state index is 13.0. The summed E-state index contributed by atoms with van der Waals surface area (Å²) in [5.41, 5.74) is 0.668. The number of benzene rings is 1. The molecule has 0 saturated carbocycles. The SMILES string of the molecule is CCn1ccnc1CN1CCCC[C@@H]1C(=O)Nc1ccc(Oc2ccccc2)nc1. The van der Waals surface area contributed by atoms with E-state index in [4.69, 9.17) is 4.74 Å². The maximum atomic E-state index is 13.0. The molecule has 0 bridgehead atoms. The van der Waals surface area contributed by atoms with Gasteiger partial charge in [-0.25, -0.2) is 9.97 Å². The Balaban J connectivity index is 1.39. The quantitative estimate of drug-likeness (QED) is 0.641. The number of aromatic nitrogens is 3. The number of rotatable bonds is 7. The zero-order valence-electron chi connectivity index (χ0n) is 17.2. The zero-order chi connectivity index (χ0) is 20.8. The van der Waals surface area contributed by atoms with Crippen LogP contribution in [0.2, 0.25) is 0 Å². The van der Waals surface area contributed by atoms with Crippen LogP contribution < -0.4 is 10.1 Å². The number of piperidine rings is 1. The van der Waals surface area contributed by atoms with E-state index in [2.05, 4.69) is 31.7 Å². The lowest BCUT2D eigenvalue weighted by atomic mass is 10.0. The third-order valence-corrected chi connectivity index (χ3v) is 5.37. The summed E-state index contributed by atoms with van der Waals surface area (Å²) in [7, 11) is 0. The summed E-state index contributed by atoms with van der Waals surface area (Å²) in [4.78, 5) is 24.0. The maximum Gasteiger partial charge on any atom is 0.241 e. The minimum Gasteiger partial charge on any atom is -0.439 e. The summed E-state index contributed by atoms with van der Waals surface area (Å²) in [6.07, 6.45) is 8.44. The highest BCUT2D eigenvalue weighted by Gasteiger charge is 2.29. The molecular weight excluding hydrogens is 378 g/mol. The van der Waals surface area contributed by atoms with Crippen LogP contribution in [0.3, 0.4) is 0 Å². The van der Waals surface area contributed by atoms with E-state index in [-0.39, 0.29) is 11.9 Å². The van der Waals surface area contributed by atoms with Crippen molar-refractivity contribution in [1.29, 1.82) is 0 Å². The Morgan fingerprint density at radius 1 is 1.17 bits per heavy atom. The van der Waals surface area contributed by atoms with E-state index in [1.54, 1.807) is 12.3 Å². The lowest BCUT2D eigenvalue weighted by Crippen LogP contribution is -2.47. The molecule has 1 amide bonds. The van der Waals surface area contributed by atoms with Gasteiger partial charge in [0.25, 0.3) is 0 Å². The molecule has 156 valence electrons. The molecule has 1 aliphatic rings. The van der Waals surface area contributed by atoms with Crippen LogP contribution in [0.4, 0.5) is 5.69 Å². The van der Waals surface area contributed by atoms with Crippen LogP contribution in [0, 0.1) is 0 Å². The number of amides is 1. The van der Waals surface area contributed by atoms with Crippen molar-refractivity contribution in [3.63, 3.8) is 0 Å². The predicted molar refractivity (Wildman–Crippen MR) is 115 cm³/mol. The highest BCUT2D eigenvalue weighted by molar-refractivity contribution is 5.94. The number of para-hydroxylation sites is 1. The third kappa shape index (κ3) is 4.86. The van der Waals surface area contributed by atoms with Crippen molar-refractivity contribution in [2.24, 2.45) is 0 Å². The van der Waals surface area contributed by atoms with Gasteiger partial charge in [0, 0.05) is 25.0 Å². The Labute approximate surface area is 176 Å². The summed E-state index contributed by atoms with van der Waals surface area (Å²) in [5.74, 6) is 2.22. The van der Waals surface area contributed by atoms with Gasteiger partial charge in [-0.15, -0.1) is 0 Å². The molecule has 7 nitrogen and oxygen atoms in total. The molecule has 1 aliphatic heterocycles. The Morgan fingerprint density at radius 3 is 2.80 bits per heavy atom. The lowest BCUT2D eigenvalue weighted by molar-refractivity contribution is -0.122. The van der Waals surface area contributed by atoms with Crippen molar-refractivity contribution in [2.45, 2.75) is 45.3 Å². The fourth-order valence-corrected chi connectivity index (χ4v) is 3.79. The summed E-state index contributed by atoms with van der Waals surface area (Å²) in [6.45, 7) is 4.56. The van der Waals surface area contributed by atoms with E-state index in [1.807, 2.05) is 48.8 Å². The second-order valence-corrected chi connectivity index (χ2v) is 7.40. The number of carbonyl (C=O) groups excluding carboxylic acids is 1. The van der Waals surface area contributed by atoms with Crippen LogP contribution >= 0.6 is 0 Å². The van der Waals surface area contributed by atoms with Crippen molar-refractivity contribution in [3.8, 4) is 11.6 Å². The Hall–Kier alpha value is -3.19. The number of carbonyl (C=O) groups is 1. The van der Waals surface area contributed by atoms with E-state index >= 15 is 0 Å². The topological polar surface area (TPSA) is 72.3 Å². The first-order valence-electron chi connectivity index (χ1n) is 10.5. The second-order valence-electron chi connectivity index (χ2n) is 7.40. The molecule has 1 fully saturated rings. The van der Waals surface area contributed by atoms with Gasteiger partial charge in [-0.3, -0.25) is 9.69 Å². The summed E-state index contributed by atoms with van der Waals surface area (Å²) < 4.78 is 7.83. The molecule has 1 atom stereocenters. The molecule has 4 rings (SSSR count). The first-order valence-corrected chi connectivity index (χ1v) is 10.5. The third-order valence-electron chi connectivity index (χ3n) is 5.37. The van der Waals surface area contributed by atoms with Gasteiger partial charge >= 0.3 is 0 Å². The normalized spacial score (nSPS) is 16.9. The van der Waals surface area contributed by atoms with Gasteiger partial charge in [0.2, 0.25) is 11.8 Å². The van der Waals surface area contributed by atoms with Crippen LogP contribution in [0.15, 0.2) is 61.1 Å². The second kappa shape index (κ2) is 9.54. The summed E-state index contributed by atoms with van der Waals surface area (Å²) >= 11 is 0. The van der Waals surface area contributed by atoms with Gasteiger partial charge in [0.05, 0.1) is 24.5 Å². The average molecular weight is 406 g/mol. The van der Waals surface area contributed by atoms with Crippen LogP contribution in [0.5, 0.6) is 11.6 Å². The van der Waals surface area contributed by atoms with Crippen molar-refractivity contribution in [1.82, 2.24) is 19.4 Å². The number of likely N-dealkylation sites (tertiary alicyclic amines) is 1.